The van der Waals surface area contributed by atoms with E-state index in [1.54, 1.807) is 0 Å². The van der Waals surface area contributed by atoms with Crippen LogP contribution in [0.2, 0.25) is 0 Å². The molecular weight excluding hydrogens is 166 g/mol. The minimum Gasteiger partial charge on any atom is -0.361 e. The van der Waals surface area contributed by atoms with Crippen LogP contribution in [0.3, 0.4) is 0 Å². The van der Waals surface area contributed by atoms with Gasteiger partial charge in [0, 0.05) is 12.0 Å². The number of carbonyl (C=O) groups is 1. The highest BCUT2D eigenvalue weighted by Gasteiger charge is 2.14. The molecular formula is C10H15NO2. The molecule has 0 aromatic carbocycles. The Labute approximate surface area is 78.1 Å². The highest BCUT2D eigenvalue weighted by molar-refractivity contribution is 5.60. The molecule has 0 amide bonds. The Morgan fingerprint density at radius 2 is 2.31 bits per heavy atom. The van der Waals surface area contributed by atoms with E-state index in [-0.39, 0.29) is 5.92 Å². The van der Waals surface area contributed by atoms with Gasteiger partial charge in [-0.3, -0.25) is 0 Å². The molecule has 1 unspecified atom stereocenters. The Balaban J connectivity index is 2.83. The van der Waals surface area contributed by atoms with Crippen molar-refractivity contribution in [1.29, 1.82) is 0 Å². The molecule has 13 heavy (non-hydrogen) atoms. The standard InChI is InChI=1S/C10H15NO2/c1-4-8(6-12)9-5-10(7(2)3)13-11-9/h5-8H,4H2,1-3H3. The van der Waals surface area contributed by atoms with Crippen molar-refractivity contribution in [2.45, 2.75) is 39.0 Å². The Bertz CT molecular complexity index is 278. The highest BCUT2D eigenvalue weighted by Crippen LogP contribution is 2.21. The van der Waals surface area contributed by atoms with E-state index < -0.39 is 0 Å². The van der Waals surface area contributed by atoms with Gasteiger partial charge in [-0.1, -0.05) is 25.9 Å². The SMILES string of the molecule is CCC(C=O)c1cc(C(C)C)on1. The maximum atomic E-state index is 10.6. The van der Waals surface area contributed by atoms with Gasteiger partial charge in [0.05, 0.1) is 11.6 Å². The Morgan fingerprint density at radius 3 is 2.69 bits per heavy atom. The van der Waals surface area contributed by atoms with E-state index >= 15 is 0 Å². The van der Waals surface area contributed by atoms with E-state index in [0.29, 0.717) is 5.92 Å². The number of aldehydes is 1. The first-order chi connectivity index (χ1) is 6.19. The molecule has 0 aliphatic heterocycles. The van der Waals surface area contributed by atoms with E-state index in [2.05, 4.69) is 5.16 Å². The maximum absolute atomic E-state index is 10.6. The first kappa shape index (κ1) is 9.96. The van der Waals surface area contributed by atoms with Crippen LogP contribution < -0.4 is 0 Å². The second-order valence-electron chi connectivity index (χ2n) is 3.46. The molecule has 72 valence electrons. The van der Waals surface area contributed by atoms with Gasteiger partial charge in [0.2, 0.25) is 0 Å². The fraction of sp³-hybridized carbons (Fsp3) is 0.600. The van der Waals surface area contributed by atoms with Crippen molar-refractivity contribution in [1.82, 2.24) is 5.16 Å². The average molecular weight is 181 g/mol. The maximum Gasteiger partial charge on any atom is 0.139 e. The summed E-state index contributed by atoms with van der Waals surface area (Å²) in [6, 6.07) is 1.87. The Kier molecular flexibility index (Phi) is 3.23. The summed E-state index contributed by atoms with van der Waals surface area (Å²) in [6.07, 6.45) is 1.69. The summed E-state index contributed by atoms with van der Waals surface area (Å²) in [5, 5.41) is 3.87. The van der Waals surface area contributed by atoms with Gasteiger partial charge in [-0.05, 0) is 6.42 Å². The van der Waals surface area contributed by atoms with E-state index in [1.165, 1.54) is 0 Å². The lowest BCUT2D eigenvalue weighted by molar-refractivity contribution is -0.109. The second-order valence-corrected chi connectivity index (χ2v) is 3.46. The van der Waals surface area contributed by atoms with Crippen LogP contribution in [0.5, 0.6) is 0 Å². The summed E-state index contributed by atoms with van der Waals surface area (Å²) in [4.78, 5) is 10.6. The summed E-state index contributed by atoms with van der Waals surface area (Å²) in [5.41, 5.74) is 0.751. The van der Waals surface area contributed by atoms with Crippen molar-refractivity contribution < 1.29 is 9.32 Å². The normalized spacial score (nSPS) is 13.2. The third-order valence-corrected chi connectivity index (χ3v) is 2.10. The average Bonchev–Trinajstić information content (AvgIpc) is 2.56. The van der Waals surface area contributed by atoms with Crippen LogP contribution in [0.4, 0.5) is 0 Å². The summed E-state index contributed by atoms with van der Waals surface area (Å²) in [7, 11) is 0. The molecule has 0 N–H and O–H groups in total. The van der Waals surface area contributed by atoms with Crippen molar-refractivity contribution >= 4 is 6.29 Å². The molecule has 1 aromatic rings. The van der Waals surface area contributed by atoms with Crippen LogP contribution in [0.1, 0.15) is 50.5 Å². The molecule has 1 rings (SSSR count). The van der Waals surface area contributed by atoms with E-state index in [1.807, 2.05) is 26.8 Å². The van der Waals surface area contributed by atoms with Gasteiger partial charge >= 0.3 is 0 Å². The van der Waals surface area contributed by atoms with Gasteiger partial charge in [0.25, 0.3) is 0 Å². The van der Waals surface area contributed by atoms with Crippen LogP contribution in [0.15, 0.2) is 10.6 Å². The number of hydrogen-bond donors (Lipinski definition) is 0. The van der Waals surface area contributed by atoms with Crippen LogP contribution >= 0.6 is 0 Å². The van der Waals surface area contributed by atoms with Gasteiger partial charge in [0.15, 0.2) is 0 Å². The lowest BCUT2D eigenvalue weighted by Crippen LogP contribution is -1.97. The van der Waals surface area contributed by atoms with E-state index in [4.69, 9.17) is 4.52 Å². The second kappa shape index (κ2) is 4.21. The van der Waals surface area contributed by atoms with Crippen LogP contribution in [0.25, 0.3) is 0 Å². The molecule has 0 aliphatic carbocycles. The summed E-state index contributed by atoms with van der Waals surface area (Å²) >= 11 is 0. The van der Waals surface area contributed by atoms with E-state index in [9.17, 15) is 4.79 Å². The molecule has 0 radical (unpaired) electrons. The molecule has 0 fully saturated rings. The van der Waals surface area contributed by atoms with Crippen molar-refractivity contribution in [3.8, 4) is 0 Å². The van der Waals surface area contributed by atoms with Crippen molar-refractivity contribution in [3.05, 3.63) is 17.5 Å². The van der Waals surface area contributed by atoms with Crippen LogP contribution in [-0.4, -0.2) is 11.4 Å². The molecule has 0 saturated carbocycles. The monoisotopic (exact) mass is 181 g/mol. The zero-order valence-electron chi connectivity index (χ0n) is 8.28. The third-order valence-electron chi connectivity index (χ3n) is 2.10. The molecule has 3 heteroatoms. The quantitative estimate of drug-likeness (QED) is 0.670. The van der Waals surface area contributed by atoms with Gasteiger partial charge in [-0.2, -0.15) is 0 Å². The largest absolute Gasteiger partial charge is 0.361 e. The number of rotatable bonds is 4. The lowest BCUT2D eigenvalue weighted by Gasteiger charge is -1.99. The van der Waals surface area contributed by atoms with Gasteiger partial charge in [-0.15, -0.1) is 0 Å². The minimum absolute atomic E-state index is 0.115. The summed E-state index contributed by atoms with van der Waals surface area (Å²) in [6.45, 7) is 6.03. The summed E-state index contributed by atoms with van der Waals surface area (Å²) in [5.74, 6) is 1.05. The van der Waals surface area contributed by atoms with Gasteiger partial charge in [0.1, 0.15) is 12.0 Å². The van der Waals surface area contributed by atoms with Crippen LogP contribution in [-0.2, 0) is 4.79 Å². The molecule has 1 aromatic heterocycles. The predicted molar refractivity (Wildman–Crippen MR) is 49.7 cm³/mol. The lowest BCUT2D eigenvalue weighted by atomic mass is 10.0. The van der Waals surface area contributed by atoms with Crippen LogP contribution in [0, 0.1) is 0 Å². The molecule has 0 aliphatic rings. The third kappa shape index (κ3) is 2.17. The zero-order valence-corrected chi connectivity index (χ0v) is 8.28. The smallest absolute Gasteiger partial charge is 0.139 e. The van der Waals surface area contributed by atoms with E-state index in [0.717, 1.165) is 24.2 Å². The minimum atomic E-state index is -0.115. The van der Waals surface area contributed by atoms with Gasteiger partial charge in [-0.25, -0.2) is 0 Å². The van der Waals surface area contributed by atoms with Crippen molar-refractivity contribution in [2.75, 3.05) is 0 Å². The molecule has 0 bridgehead atoms. The van der Waals surface area contributed by atoms with Gasteiger partial charge < -0.3 is 9.32 Å². The zero-order chi connectivity index (χ0) is 9.84. The van der Waals surface area contributed by atoms with Crippen molar-refractivity contribution in [3.63, 3.8) is 0 Å². The Hall–Kier alpha value is -1.12. The predicted octanol–water partition coefficient (Wildman–Crippen LogP) is 2.49. The molecule has 3 nitrogen and oxygen atoms in total. The number of carbonyl (C=O) groups excluding carboxylic acids is 1. The number of nitrogens with zero attached hydrogens (tertiary/aromatic N) is 1. The molecule has 1 atom stereocenters. The first-order valence-electron chi connectivity index (χ1n) is 4.60. The number of hydrogen-bond acceptors (Lipinski definition) is 3. The van der Waals surface area contributed by atoms with Crippen molar-refractivity contribution in [2.24, 2.45) is 0 Å². The fourth-order valence-corrected chi connectivity index (χ4v) is 1.13. The molecule has 0 saturated heterocycles. The Morgan fingerprint density at radius 1 is 1.62 bits per heavy atom. The fourth-order valence-electron chi connectivity index (χ4n) is 1.13. The first-order valence-corrected chi connectivity index (χ1v) is 4.60. The molecule has 1 heterocycles. The molecule has 0 spiro atoms. The topological polar surface area (TPSA) is 43.1 Å². The number of aromatic nitrogens is 1. The summed E-state index contributed by atoms with van der Waals surface area (Å²) < 4.78 is 5.10. The highest BCUT2D eigenvalue weighted by atomic mass is 16.5.